The molecule has 0 spiro atoms. The summed E-state index contributed by atoms with van der Waals surface area (Å²) in [5.74, 6) is 1.01. The van der Waals surface area contributed by atoms with Gasteiger partial charge in [-0.1, -0.05) is 13.3 Å². The number of anilines is 1. The van der Waals surface area contributed by atoms with Crippen LogP contribution in [0.2, 0.25) is 0 Å². The lowest BCUT2D eigenvalue weighted by Gasteiger charge is -2.38. The molecular formula is C12H18N2. The number of hydrogen-bond donors (Lipinski definition) is 1. The average Bonchev–Trinajstić information content (AvgIpc) is 2.12. The van der Waals surface area contributed by atoms with Crippen molar-refractivity contribution in [3.8, 4) is 0 Å². The van der Waals surface area contributed by atoms with E-state index in [1.54, 1.807) is 0 Å². The molecule has 1 aromatic rings. The summed E-state index contributed by atoms with van der Waals surface area (Å²) in [6.07, 6.45) is 5.96. The van der Waals surface area contributed by atoms with Crippen LogP contribution < -0.4 is 5.32 Å². The smallest absolute Gasteiger partial charge is 0.126 e. The van der Waals surface area contributed by atoms with E-state index in [0.29, 0.717) is 5.41 Å². The maximum atomic E-state index is 4.29. The van der Waals surface area contributed by atoms with Gasteiger partial charge in [-0.2, -0.15) is 0 Å². The fraction of sp³-hybridized carbons (Fsp3) is 0.583. The van der Waals surface area contributed by atoms with E-state index in [2.05, 4.69) is 30.2 Å². The monoisotopic (exact) mass is 190 g/mol. The van der Waals surface area contributed by atoms with E-state index >= 15 is 0 Å². The molecule has 0 radical (unpaired) electrons. The van der Waals surface area contributed by atoms with E-state index in [4.69, 9.17) is 0 Å². The summed E-state index contributed by atoms with van der Waals surface area (Å²) < 4.78 is 0. The Bertz CT molecular complexity index is 316. The SMILES string of the molecule is Cc1ccnc(NCC2(C)CCC2)c1. The molecule has 2 heteroatoms. The highest BCUT2D eigenvalue weighted by Gasteiger charge is 2.31. The Morgan fingerprint density at radius 1 is 1.50 bits per heavy atom. The van der Waals surface area contributed by atoms with Gasteiger partial charge in [-0.3, -0.25) is 0 Å². The molecule has 1 aromatic heterocycles. The average molecular weight is 190 g/mol. The van der Waals surface area contributed by atoms with Gasteiger partial charge in [-0.15, -0.1) is 0 Å². The van der Waals surface area contributed by atoms with Gasteiger partial charge in [0.2, 0.25) is 0 Å². The van der Waals surface area contributed by atoms with Gasteiger partial charge in [0, 0.05) is 12.7 Å². The van der Waals surface area contributed by atoms with Gasteiger partial charge in [0.05, 0.1) is 0 Å². The first-order valence-electron chi connectivity index (χ1n) is 5.35. The largest absolute Gasteiger partial charge is 0.370 e. The molecule has 2 rings (SSSR count). The molecule has 0 aliphatic heterocycles. The van der Waals surface area contributed by atoms with Crippen molar-refractivity contribution in [1.29, 1.82) is 0 Å². The molecule has 1 aliphatic carbocycles. The van der Waals surface area contributed by atoms with Crippen LogP contribution in [-0.4, -0.2) is 11.5 Å². The molecule has 1 N–H and O–H groups in total. The normalized spacial score (nSPS) is 18.7. The Morgan fingerprint density at radius 3 is 2.86 bits per heavy atom. The molecule has 0 saturated heterocycles. The summed E-state index contributed by atoms with van der Waals surface area (Å²) >= 11 is 0. The zero-order valence-corrected chi connectivity index (χ0v) is 9.01. The molecule has 1 heterocycles. The lowest BCUT2D eigenvalue weighted by atomic mass is 9.70. The maximum Gasteiger partial charge on any atom is 0.126 e. The van der Waals surface area contributed by atoms with Crippen molar-refractivity contribution in [3.63, 3.8) is 0 Å². The van der Waals surface area contributed by atoms with Crippen LogP contribution in [0.4, 0.5) is 5.82 Å². The van der Waals surface area contributed by atoms with Crippen molar-refractivity contribution in [3.05, 3.63) is 23.9 Å². The number of pyridine rings is 1. The van der Waals surface area contributed by atoms with Gasteiger partial charge in [0.1, 0.15) is 5.82 Å². The van der Waals surface area contributed by atoms with E-state index in [1.165, 1.54) is 24.8 Å². The van der Waals surface area contributed by atoms with Crippen molar-refractivity contribution < 1.29 is 0 Å². The third-order valence-electron chi connectivity index (χ3n) is 3.17. The first kappa shape index (κ1) is 9.50. The minimum absolute atomic E-state index is 0.519. The van der Waals surface area contributed by atoms with Crippen molar-refractivity contribution in [2.75, 3.05) is 11.9 Å². The number of aryl methyl sites for hydroxylation is 1. The number of rotatable bonds is 3. The van der Waals surface area contributed by atoms with Crippen LogP contribution in [0.5, 0.6) is 0 Å². The molecule has 2 nitrogen and oxygen atoms in total. The summed E-state index contributed by atoms with van der Waals surface area (Å²) in [5.41, 5.74) is 1.78. The standard InChI is InChI=1S/C12H18N2/c1-10-4-7-13-11(8-10)14-9-12(2)5-3-6-12/h4,7-8H,3,5-6,9H2,1-2H3,(H,13,14). The fourth-order valence-electron chi connectivity index (χ4n) is 1.89. The first-order chi connectivity index (χ1) is 6.68. The van der Waals surface area contributed by atoms with Crippen LogP contribution in [0.1, 0.15) is 31.7 Å². The summed E-state index contributed by atoms with van der Waals surface area (Å²) in [6, 6.07) is 4.12. The molecule has 1 saturated carbocycles. The number of nitrogens with one attached hydrogen (secondary N) is 1. The molecule has 76 valence electrons. The molecule has 0 aromatic carbocycles. The zero-order chi connectivity index (χ0) is 10.0. The van der Waals surface area contributed by atoms with E-state index in [9.17, 15) is 0 Å². The molecular weight excluding hydrogens is 172 g/mol. The number of nitrogens with zero attached hydrogens (tertiary/aromatic N) is 1. The predicted octanol–water partition coefficient (Wildman–Crippen LogP) is 2.99. The summed E-state index contributed by atoms with van der Waals surface area (Å²) in [7, 11) is 0. The third-order valence-corrected chi connectivity index (χ3v) is 3.17. The van der Waals surface area contributed by atoms with Crippen molar-refractivity contribution in [2.24, 2.45) is 5.41 Å². The second kappa shape index (κ2) is 3.60. The van der Waals surface area contributed by atoms with Crippen molar-refractivity contribution in [2.45, 2.75) is 33.1 Å². The van der Waals surface area contributed by atoms with Gasteiger partial charge in [0.25, 0.3) is 0 Å². The Kier molecular flexibility index (Phi) is 2.44. The van der Waals surface area contributed by atoms with E-state index < -0.39 is 0 Å². The van der Waals surface area contributed by atoms with Gasteiger partial charge in [0.15, 0.2) is 0 Å². The minimum atomic E-state index is 0.519. The number of hydrogen-bond acceptors (Lipinski definition) is 2. The molecule has 0 amide bonds. The maximum absolute atomic E-state index is 4.29. The van der Waals surface area contributed by atoms with Crippen LogP contribution in [-0.2, 0) is 0 Å². The van der Waals surface area contributed by atoms with E-state index in [-0.39, 0.29) is 0 Å². The summed E-state index contributed by atoms with van der Waals surface area (Å²) in [6.45, 7) is 5.50. The molecule has 1 fully saturated rings. The van der Waals surface area contributed by atoms with Crippen LogP contribution in [0.3, 0.4) is 0 Å². The highest BCUT2D eigenvalue weighted by Crippen LogP contribution is 2.40. The lowest BCUT2D eigenvalue weighted by molar-refractivity contribution is 0.180. The molecule has 1 aliphatic rings. The van der Waals surface area contributed by atoms with Crippen molar-refractivity contribution >= 4 is 5.82 Å². The van der Waals surface area contributed by atoms with E-state index in [0.717, 1.165) is 12.4 Å². The Morgan fingerprint density at radius 2 is 2.29 bits per heavy atom. The molecule has 0 atom stereocenters. The summed E-state index contributed by atoms with van der Waals surface area (Å²) in [4.78, 5) is 4.29. The van der Waals surface area contributed by atoms with Gasteiger partial charge >= 0.3 is 0 Å². The van der Waals surface area contributed by atoms with Crippen LogP contribution in [0.25, 0.3) is 0 Å². The Hall–Kier alpha value is -1.05. The second-order valence-corrected chi connectivity index (χ2v) is 4.74. The second-order valence-electron chi connectivity index (χ2n) is 4.74. The van der Waals surface area contributed by atoms with E-state index in [1.807, 2.05) is 12.3 Å². The van der Waals surface area contributed by atoms with Gasteiger partial charge in [-0.05, 0) is 42.9 Å². The molecule has 0 unspecified atom stereocenters. The Labute approximate surface area is 85.7 Å². The Balaban J connectivity index is 1.91. The zero-order valence-electron chi connectivity index (χ0n) is 9.01. The quantitative estimate of drug-likeness (QED) is 0.792. The van der Waals surface area contributed by atoms with Crippen LogP contribution in [0.15, 0.2) is 18.3 Å². The van der Waals surface area contributed by atoms with Gasteiger partial charge < -0.3 is 5.32 Å². The van der Waals surface area contributed by atoms with Crippen molar-refractivity contribution in [1.82, 2.24) is 4.98 Å². The van der Waals surface area contributed by atoms with Crippen LogP contribution in [0, 0.1) is 12.3 Å². The number of aromatic nitrogens is 1. The third kappa shape index (κ3) is 2.06. The summed E-state index contributed by atoms with van der Waals surface area (Å²) in [5, 5.41) is 3.42. The highest BCUT2D eigenvalue weighted by atomic mass is 15.0. The molecule has 0 bridgehead atoms. The highest BCUT2D eigenvalue weighted by molar-refractivity contribution is 5.37. The van der Waals surface area contributed by atoms with Gasteiger partial charge in [-0.25, -0.2) is 4.98 Å². The fourth-order valence-corrected chi connectivity index (χ4v) is 1.89. The topological polar surface area (TPSA) is 24.9 Å². The first-order valence-corrected chi connectivity index (χ1v) is 5.35. The molecule has 14 heavy (non-hydrogen) atoms. The lowest BCUT2D eigenvalue weighted by Crippen LogP contribution is -2.33. The predicted molar refractivity (Wildman–Crippen MR) is 59.4 cm³/mol. The van der Waals surface area contributed by atoms with Crippen LogP contribution >= 0.6 is 0 Å². The minimum Gasteiger partial charge on any atom is -0.370 e.